The van der Waals surface area contributed by atoms with Crippen LogP contribution in [0.15, 0.2) is 18.2 Å². The van der Waals surface area contributed by atoms with Gasteiger partial charge in [-0.2, -0.15) is 5.10 Å². The first-order chi connectivity index (χ1) is 11.4. The quantitative estimate of drug-likeness (QED) is 0.648. The summed E-state index contributed by atoms with van der Waals surface area (Å²) in [6, 6.07) is 4.56. The number of aromatic amines is 1. The molecule has 1 fully saturated rings. The molecule has 7 nitrogen and oxygen atoms in total. The van der Waals surface area contributed by atoms with Crippen molar-refractivity contribution in [3.8, 4) is 0 Å². The molecule has 1 saturated heterocycles. The number of carbonyl (C=O) groups excluding carboxylic acids is 1. The summed E-state index contributed by atoms with van der Waals surface area (Å²) in [6.07, 6.45) is -0.641. The number of fused-ring (bicyclic) bond motifs is 1. The van der Waals surface area contributed by atoms with Crippen molar-refractivity contribution in [2.45, 2.75) is 31.5 Å². The minimum absolute atomic E-state index is 0.0362. The van der Waals surface area contributed by atoms with Crippen molar-refractivity contribution in [1.29, 1.82) is 0 Å². The van der Waals surface area contributed by atoms with Crippen molar-refractivity contribution in [2.24, 2.45) is 0 Å². The first-order valence-corrected chi connectivity index (χ1v) is 7.83. The van der Waals surface area contributed by atoms with Crippen LogP contribution in [0.2, 0.25) is 0 Å². The van der Waals surface area contributed by atoms with Gasteiger partial charge in [0.15, 0.2) is 5.82 Å². The van der Waals surface area contributed by atoms with E-state index in [1.165, 1.54) is 6.07 Å². The maximum Gasteiger partial charge on any atom is 0.251 e. The Morgan fingerprint density at radius 2 is 2.33 bits per heavy atom. The van der Waals surface area contributed by atoms with Crippen molar-refractivity contribution < 1.29 is 19.0 Å². The number of amides is 1. The molecule has 0 saturated carbocycles. The average Bonchev–Trinajstić information content (AvgIpc) is 3.01. The van der Waals surface area contributed by atoms with E-state index in [1.807, 2.05) is 13.8 Å². The van der Waals surface area contributed by atoms with Crippen LogP contribution in [0.4, 0.5) is 4.39 Å². The number of nitrogens with one attached hydrogen (secondary N) is 3. The van der Waals surface area contributed by atoms with E-state index in [-0.39, 0.29) is 30.7 Å². The largest absolute Gasteiger partial charge is 0.395 e. The fraction of sp³-hybridized carbons (Fsp3) is 0.500. The van der Waals surface area contributed by atoms with Crippen molar-refractivity contribution in [3.63, 3.8) is 0 Å². The minimum atomic E-state index is -0.781. The highest BCUT2D eigenvalue weighted by Gasteiger charge is 2.33. The van der Waals surface area contributed by atoms with Gasteiger partial charge in [0.05, 0.1) is 30.5 Å². The van der Waals surface area contributed by atoms with E-state index in [4.69, 9.17) is 9.84 Å². The smallest absolute Gasteiger partial charge is 0.251 e. The third-order valence-corrected chi connectivity index (χ3v) is 4.20. The molecule has 24 heavy (non-hydrogen) atoms. The van der Waals surface area contributed by atoms with Crippen LogP contribution >= 0.6 is 0 Å². The zero-order valence-electron chi connectivity index (χ0n) is 13.6. The molecule has 3 rings (SSSR count). The highest BCUT2D eigenvalue weighted by atomic mass is 19.1. The van der Waals surface area contributed by atoms with E-state index in [9.17, 15) is 9.18 Å². The van der Waals surface area contributed by atoms with Crippen LogP contribution in [0.5, 0.6) is 0 Å². The van der Waals surface area contributed by atoms with Gasteiger partial charge >= 0.3 is 0 Å². The minimum Gasteiger partial charge on any atom is -0.395 e. The van der Waals surface area contributed by atoms with Gasteiger partial charge in [-0.25, -0.2) is 4.39 Å². The number of benzene rings is 1. The van der Waals surface area contributed by atoms with Crippen LogP contribution in [0, 0.1) is 5.82 Å². The Balaban J connectivity index is 1.75. The fourth-order valence-electron chi connectivity index (χ4n) is 2.84. The van der Waals surface area contributed by atoms with Gasteiger partial charge in [-0.1, -0.05) is 12.1 Å². The molecule has 1 aromatic carbocycles. The summed E-state index contributed by atoms with van der Waals surface area (Å²) in [7, 11) is 0. The molecule has 1 aliphatic heterocycles. The molecule has 130 valence electrons. The summed E-state index contributed by atoms with van der Waals surface area (Å²) in [6.45, 7) is 4.19. The highest BCUT2D eigenvalue weighted by Crippen LogP contribution is 2.27. The number of hydrogen-bond donors (Lipinski definition) is 4. The molecule has 1 aliphatic rings. The number of aromatic nitrogens is 2. The second kappa shape index (κ2) is 6.46. The number of aliphatic hydroxyl groups excluding tert-OH is 1. The fourth-order valence-corrected chi connectivity index (χ4v) is 2.84. The SMILES string of the molecule is CC(C)(NC(=O)[C@@H]1CN[C@H](CO)CO1)c1[nH]nc2c(F)cccc12. The first kappa shape index (κ1) is 16.8. The Kier molecular flexibility index (Phi) is 4.53. The maximum absolute atomic E-state index is 13.8. The van der Waals surface area contributed by atoms with E-state index < -0.39 is 17.5 Å². The second-order valence-corrected chi connectivity index (χ2v) is 6.46. The van der Waals surface area contributed by atoms with E-state index in [0.29, 0.717) is 17.6 Å². The molecule has 0 radical (unpaired) electrons. The summed E-state index contributed by atoms with van der Waals surface area (Å²) in [4.78, 5) is 12.5. The highest BCUT2D eigenvalue weighted by molar-refractivity contribution is 5.85. The Morgan fingerprint density at radius 1 is 1.54 bits per heavy atom. The predicted octanol–water partition coefficient (Wildman–Crippen LogP) is 0.403. The molecule has 0 aliphatic carbocycles. The molecule has 1 amide bonds. The molecule has 0 unspecified atom stereocenters. The third-order valence-electron chi connectivity index (χ3n) is 4.20. The van der Waals surface area contributed by atoms with Crippen molar-refractivity contribution in [3.05, 3.63) is 29.7 Å². The Labute approximate surface area is 138 Å². The number of rotatable bonds is 4. The number of ether oxygens (including phenoxy) is 1. The molecule has 2 heterocycles. The zero-order chi connectivity index (χ0) is 17.3. The van der Waals surface area contributed by atoms with Crippen LogP contribution < -0.4 is 10.6 Å². The van der Waals surface area contributed by atoms with Gasteiger partial charge in [0, 0.05) is 11.9 Å². The van der Waals surface area contributed by atoms with Crippen LogP contribution in [-0.2, 0) is 15.1 Å². The molecule has 8 heteroatoms. The van der Waals surface area contributed by atoms with Gasteiger partial charge in [-0.05, 0) is 19.9 Å². The first-order valence-electron chi connectivity index (χ1n) is 7.83. The van der Waals surface area contributed by atoms with Gasteiger partial charge in [0.2, 0.25) is 0 Å². The summed E-state index contributed by atoms with van der Waals surface area (Å²) in [5.74, 6) is -0.685. The van der Waals surface area contributed by atoms with Crippen LogP contribution in [0.25, 0.3) is 10.9 Å². The van der Waals surface area contributed by atoms with Gasteiger partial charge in [-0.15, -0.1) is 0 Å². The maximum atomic E-state index is 13.8. The van der Waals surface area contributed by atoms with E-state index in [1.54, 1.807) is 12.1 Å². The molecule has 2 atom stereocenters. The molecule has 0 bridgehead atoms. The summed E-state index contributed by atoms with van der Waals surface area (Å²) < 4.78 is 19.3. The number of morpholine rings is 1. The topological polar surface area (TPSA) is 99.3 Å². The lowest BCUT2D eigenvalue weighted by atomic mass is 9.96. The lowest BCUT2D eigenvalue weighted by Gasteiger charge is -2.32. The zero-order valence-corrected chi connectivity index (χ0v) is 13.6. The molecular formula is C16H21FN4O3. The van der Waals surface area contributed by atoms with Crippen molar-refractivity contribution in [2.75, 3.05) is 19.8 Å². The number of halogens is 1. The van der Waals surface area contributed by atoms with E-state index in [0.717, 1.165) is 0 Å². The number of aliphatic hydroxyl groups is 1. The van der Waals surface area contributed by atoms with Crippen molar-refractivity contribution >= 4 is 16.8 Å². The lowest BCUT2D eigenvalue weighted by Crippen LogP contribution is -2.56. The predicted molar refractivity (Wildman–Crippen MR) is 85.8 cm³/mol. The average molecular weight is 336 g/mol. The lowest BCUT2D eigenvalue weighted by molar-refractivity contribution is -0.137. The van der Waals surface area contributed by atoms with Crippen LogP contribution in [0.3, 0.4) is 0 Å². The standard InChI is InChI=1S/C16H21FN4O3/c1-16(2,14-10-4-3-5-11(17)13(10)20-21-14)19-15(23)12-6-18-9(7-22)8-24-12/h3-5,9,12,18,22H,6-8H2,1-2H3,(H,19,23)(H,20,21)/t9-,12+/m1/s1. The Morgan fingerprint density at radius 3 is 3.00 bits per heavy atom. The van der Waals surface area contributed by atoms with Crippen LogP contribution in [-0.4, -0.2) is 53.1 Å². The van der Waals surface area contributed by atoms with Crippen molar-refractivity contribution in [1.82, 2.24) is 20.8 Å². The number of para-hydroxylation sites is 1. The number of H-pyrrole nitrogens is 1. The Bertz CT molecular complexity index is 738. The Hall–Kier alpha value is -2.03. The van der Waals surface area contributed by atoms with Gasteiger partial charge in [-0.3, -0.25) is 9.89 Å². The number of hydrogen-bond acceptors (Lipinski definition) is 5. The third kappa shape index (κ3) is 3.12. The van der Waals surface area contributed by atoms with Gasteiger partial charge in [0.1, 0.15) is 11.6 Å². The summed E-state index contributed by atoms with van der Waals surface area (Å²) in [5.41, 5.74) is 0.0927. The van der Waals surface area contributed by atoms with Crippen LogP contribution in [0.1, 0.15) is 19.5 Å². The van der Waals surface area contributed by atoms with E-state index >= 15 is 0 Å². The molecule has 4 N–H and O–H groups in total. The molecule has 1 aromatic heterocycles. The molecule has 0 spiro atoms. The summed E-state index contributed by atoms with van der Waals surface area (Å²) >= 11 is 0. The second-order valence-electron chi connectivity index (χ2n) is 6.46. The monoisotopic (exact) mass is 336 g/mol. The van der Waals surface area contributed by atoms with E-state index in [2.05, 4.69) is 20.8 Å². The summed E-state index contributed by atoms with van der Waals surface area (Å²) in [5, 5.41) is 22.5. The molecular weight excluding hydrogens is 315 g/mol. The number of nitrogens with zero attached hydrogens (tertiary/aromatic N) is 1. The molecule has 2 aromatic rings. The normalized spacial score (nSPS) is 21.8. The van der Waals surface area contributed by atoms with Gasteiger partial charge in [0.25, 0.3) is 5.91 Å². The van der Waals surface area contributed by atoms with Gasteiger partial charge < -0.3 is 20.5 Å². The number of carbonyl (C=O) groups is 1.